The van der Waals surface area contributed by atoms with Crippen molar-refractivity contribution in [2.75, 3.05) is 0 Å². The van der Waals surface area contributed by atoms with Gasteiger partial charge in [0.1, 0.15) is 0 Å². The highest BCUT2D eigenvalue weighted by Crippen LogP contribution is 2.37. The number of rotatable bonds is 1. The van der Waals surface area contributed by atoms with Gasteiger partial charge in [0, 0.05) is 0 Å². The molecule has 0 aromatic rings. The van der Waals surface area contributed by atoms with Crippen molar-refractivity contribution in [2.24, 2.45) is 0 Å². The molecule has 122 valence electrons. The highest BCUT2D eigenvalue weighted by molar-refractivity contribution is 6.03. The van der Waals surface area contributed by atoms with Crippen LogP contribution in [0.2, 0.25) is 0 Å². The van der Waals surface area contributed by atoms with Crippen molar-refractivity contribution in [1.82, 2.24) is 10.2 Å². The van der Waals surface area contributed by atoms with E-state index in [9.17, 15) is 58.5 Å². The average Bonchev–Trinajstić information content (AvgIpc) is 2.31. The smallest absolute Gasteiger partial charge is 0.264 e. The molecule has 0 heterocycles. The molecule has 0 N–H and O–H groups in total. The number of imide groups is 2. The number of nitrogens with zero attached hydrogens (tertiary/aromatic N) is 2. The zero-order valence-corrected chi connectivity index (χ0v) is 8.90. The number of hydrogen-bond acceptors (Lipinski definition) is 3. The Morgan fingerprint density at radius 2 is 1.00 bits per heavy atom. The lowest BCUT2D eigenvalue weighted by Gasteiger charge is -2.21. The number of amides is 4. The zero-order chi connectivity index (χ0) is 17.4. The van der Waals surface area contributed by atoms with Gasteiger partial charge in [-0.15, -0.1) is 0 Å². The van der Waals surface area contributed by atoms with E-state index in [1.807, 2.05) is 0 Å². The van der Waals surface area contributed by atoms with Crippen molar-refractivity contribution >= 4 is 17.8 Å². The molecular weight excluding hydrogens is 338 g/mol. The molecular formula is C6F10N2O3. The minimum atomic E-state index is -6.72. The Hall–Kier alpha value is -2.09. The summed E-state index contributed by atoms with van der Waals surface area (Å²) in [6.07, 6.45) is -12.8. The van der Waals surface area contributed by atoms with E-state index in [-0.39, 0.29) is 0 Å². The molecule has 0 rings (SSSR count). The van der Waals surface area contributed by atoms with Crippen LogP contribution in [0.3, 0.4) is 0 Å². The Balaban J connectivity index is 5.29. The largest absolute Gasteiger partial charge is 0.474 e. The first kappa shape index (κ1) is 18.9. The molecule has 5 nitrogen and oxygen atoms in total. The van der Waals surface area contributed by atoms with Crippen LogP contribution in [0.1, 0.15) is 0 Å². The Labute approximate surface area is 106 Å². The molecule has 0 saturated carbocycles. The normalized spacial score (nSPS) is 12.9. The van der Waals surface area contributed by atoms with Crippen LogP contribution in [-0.4, -0.2) is 46.4 Å². The molecule has 0 unspecified atom stereocenters. The third-order valence-electron chi connectivity index (χ3n) is 1.56. The fourth-order valence-electron chi connectivity index (χ4n) is 0.607. The van der Waals surface area contributed by atoms with Crippen LogP contribution < -0.4 is 0 Å². The predicted molar refractivity (Wildman–Crippen MR) is 38.4 cm³/mol. The lowest BCUT2D eigenvalue weighted by Crippen LogP contribution is -2.54. The van der Waals surface area contributed by atoms with Crippen molar-refractivity contribution in [3.8, 4) is 0 Å². The van der Waals surface area contributed by atoms with Gasteiger partial charge in [-0.1, -0.05) is 19.2 Å². The van der Waals surface area contributed by atoms with Gasteiger partial charge in [0.2, 0.25) is 0 Å². The van der Waals surface area contributed by atoms with E-state index in [0.717, 1.165) is 0 Å². The first-order valence-corrected chi connectivity index (χ1v) is 4.11. The van der Waals surface area contributed by atoms with Crippen LogP contribution in [0.4, 0.5) is 48.9 Å². The molecule has 0 bridgehead atoms. The Morgan fingerprint density at radius 1 is 0.667 bits per heavy atom. The van der Waals surface area contributed by atoms with E-state index in [1.54, 1.807) is 0 Å². The van der Waals surface area contributed by atoms with Crippen LogP contribution in [0.25, 0.3) is 0 Å². The molecule has 0 spiro atoms. The molecule has 0 aromatic heterocycles. The summed E-state index contributed by atoms with van der Waals surface area (Å²) < 4.78 is 119. The monoisotopic (exact) mass is 338 g/mol. The van der Waals surface area contributed by atoms with Gasteiger partial charge >= 0.3 is 36.1 Å². The van der Waals surface area contributed by atoms with Crippen molar-refractivity contribution < 1.29 is 58.5 Å². The summed E-state index contributed by atoms with van der Waals surface area (Å²) in [6.45, 7) is 0. The molecule has 0 atom stereocenters. The molecule has 4 amide bonds. The summed E-state index contributed by atoms with van der Waals surface area (Å²) in [4.78, 5) is 30.8. The van der Waals surface area contributed by atoms with Gasteiger partial charge < -0.3 is 0 Å². The standard InChI is InChI=1S/C6F10N2O3/c7-4(8,6(12,13)14)1(19)17(15)3(21)18(16)2(20)5(9,10)11. The topological polar surface area (TPSA) is 57.7 Å². The van der Waals surface area contributed by atoms with Crippen LogP contribution in [-0.2, 0) is 9.59 Å². The second kappa shape index (κ2) is 5.36. The second-order valence-electron chi connectivity index (χ2n) is 3.02. The Kier molecular flexibility index (Phi) is 4.83. The van der Waals surface area contributed by atoms with Gasteiger partial charge in [-0.2, -0.15) is 35.1 Å². The SMILES string of the molecule is O=C(N(F)C(=O)C(F)(F)F)N(F)C(=O)C(F)(F)C(F)(F)F. The minimum Gasteiger partial charge on any atom is -0.264 e. The van der Waals surface area contributed by atoms with Gasteiger partial charge in [0.15, 0.2) is 0 Å². The maximum absolute atomic E-state index is 12.6. The minimum absolute atomic E-state index is 2.69. The quantitative estimate of drug-likeness (QED) is 0.545. The van der Waals surface area contributed by atoms with Crippen molar-refractivity contribution in [3.63, 3.8) is 0 Å². The molecule has 0 aliphatic heterocycles. The fourth-order valence-corrected chi connectivity index (χ4v) is 0.607. The van der Waals surface area contributed by atoms with E-state index in [2.05, 4.69) is 0 Å². The molecule has 0 aliphatic rings. The Bertz CT molecular complexity index is 455. The lowest BCUT2D eigenvalue weighted by atomic mass is 10.3. The predicted octanol–water partition coefficient (Wildman–Crippen LogP) is 2.29. The number of carbonyl (C=O) groups excluding carboxylic acids is 3. The van der Waals surface area contributed by atoms with Crippen molar-refractivity contribution in [3.05, 3.63) is 0 Å². The molecule has 15 heteroatoms. The van der Waals surface area contributed by atoms with E-state index in [1.165, 1.54) is 0 Å². The maximum Gasteiger partial charge on any atom is 0.474 e. The third kappa shape index (κ3) is 3.72. The highest BCUT2D eigenvalue weighted by Gasteiger charge is 2.66. The van der Waals surface area contributed by atoms with Gasteiger partial charge in [0.25, 0.3) is 0 Å². The Morgan fingerprint density at radius 3 is 1.29 bits per heavy atom. The number of urea groups is 1. The first-order valence-electron chi connectivity index (χ1n) is 4.11. The van der Waals surface area contributed by atoms with E-state index < -0.39 is 46.4 Å². The summed E-state index contributed by atoms with van der Waals surface area (Å²) in [5.74, 6) is -14.3. The maximum atomic E-state index is 12.6. The van der Waals surface area contributed by atoms with E-state index >= 15 is 0 Å². The van der Waals surface area contributed by atoms with Crippen LogP contribution >= 0.6 is 0 Å². The van der Waals surface area contributed by atoms with Gasteiger partial charge in [-0.05, 0) is 0 Å². The average molecular weight is 338 g/mol. The molecule has 0 radical (unpaired) electrons. The highest BCUT2D eigenvalue weighted by atomic mass is 19.4. The van der Waals surface area contributed by atoms with Crippen LogP contribution in [0.5, 0.6) is 0 Å². The van der Waals surface area contributed by atoms with E-state index in [4.69, 9.17) is 0 Å². The summed E-state index contributed by atoms with van der Waals surface area (Å²) >= 11 is 0. The first-order chi connectivity index (χ1) is 9.05. The number of halogens is 10. The second-order valence-corrected chi connectivity index (χ2v) is 3.02. The molecule has 0 fully saturated rings. The summed E-state index contributed by atoms with van der Waals surface area (Å²) in [7, 11) is 0. The van der Waals surface area contributed by atoms with Crippen LogP contribution in [0, 0.1) is 0 Å². The molecule has 0 saturated heterocycles. The zero-order valence-electron chi connectivity index (χ0n) is 8.90. The fraction of sp³-hybridized carbons (Fsp3) is 0.500. The van der Waals surface area contributed by atoms with Crippen LogP contribution in [0.15, 0.2) is 0 Å². The number of alkyl halides is 8. The van der Waals surface area contributed by atoms with Gasteiger partial charge in [-0.3, -0.25) is 9.59 Å². The summed E-state index contributed by atoms with van der Waals surface area (Å²) in [5.41, 5.74) is 0. The lowest BCUT2D eigenvalue weighted by molar-refractivity contribution is -0.277. The van der Waals surface area contributed by atoms with Crippen molar-refractivity contribution in [1.29, 1.82) is 0 Å². The third-order valence-corrected chi connectivity index (χ3v) is 1.56. The van der Waals surface area contributed by atoms with Gasteiger partial charge in [-0.25, -0.2) is 4.79 Å². The molecule has 0 aliphatic carbocycles. The van der Waals surface area contributed by atoms with Gasteiger partial charge in [0.05, 0.1) is 0 Å². The number of carbonyl (C=O) groups is 3. The number of hydrogen-bond donors (Lipinski definition) is 0. The summed E-state index contributed by atoms with van der Waals surface area (Å²) in [5, 5.41) is -5.50. The van der Waals surface area contributed by atoms with Crippen molar-refractivity contribution in [2.45, 2.75) is 18.3 Å². The van der Waals surface area contributed by atoms with E-state index in [0.29, 0.717) is 0 Å². The molecule has 21 heavy (non-hydrogen) atoms. The summed E-state index contributed by atoms with van der Waals surface area (Å²) in [6, 6.07) is -3.63. The molecule has 0 aromatic carbocycles.